The van der Waals surface area contributed by atoms with Gasteiger partial charge in [-0.15, -0.1) is 0 Å². The molecule has 3 fully saturated rings. The molecule has 7 aromatic rings. The van der Waals surface area contributed by atoms with E-state index in [1.165, 1.54) is 21.5 Å². The molecule has 0 radical (unpaired) electrons. The van der Waals surface area contributed by atoms with Crippen LogP contribution >= 0.6 is 7.82 Å². The maximum absolute atomic E-state index is 15.3. The van der Waals surface area contributed by atoms with E-state index < -0.39 is 98.9 Å². The molecule has 0 spiro atoms. The van der Waals surface area contributed by atoms with Gasteiger partial charge in [0.25, 0.3) is 19.4 Å². The molecule has 5 aromatic carbocycles. The van der Waals surface area contributed by atoms with Crippen LogP contribution in [0.25, 0.3) is 0 Å². The van der Waals surface area contributed by atoms with Crippen LogP contribution in [0, 0.1) is 13.8 Å². The first-order valence-corrected chi connectivity index (χ1v) is 29.1. The van der Waals surface area contributed by atoms with Gasteiger partial charge >= 0.3 is 19.2 Å². The van der Waals surface area contributed by atoms with Crippen molar-refractivity contribution in [1.82, 2.24) is 19.1 Å². The Morgan fingerprint density at radius 3 is 1.65 bits per heavy atom. The van der Waals surface area contributed by atoms with Crippen molar-refractivity contribution in [1.29, 1.82) is 0 Å². The lowest BCUT2D eigenvalue weighted by atomic mass is 9.79. The Bertz CT molecular complexity index is 3450. The molecule has 0 amide bonds. The standard InChI is InChI=1S/C58H63N4O14PSi/c1-38-33-61(54(65)59-52(38)63)50-31-47(76-78(56(3,4)5,45-19-13-9-14-20-45)46-21-15-10-16-22-46)48(73-50)35-71-77(67)72-37-57(49(75-77)32-51(74-57)62-34-39(2)53(64)60-55(62)66)36-70-58(40-17-11-8-12-18-40,41-23-27-43(68-6)28-24-41)42-25-29-44(69-7)30-26-42/h8-30,33-34,47-51H,31-32,35-37H2,1-7H3,(H,59,63,65)(H,60,64,66)/t47-,48+,49-,50+,51+,57-,77+/m0/s1. The first-order valence-electron chi connectivity index (χ1n) is 25.7. The van der Waals surface area contributed by atoms with E-state index in [0.29, 0.717) is 17.1 Å². The van der Waals surface area contributed by atoms with Gasteiger partial charge in [-0.05, 0) is 70.2 Å². The van der Waals surface area contributed by atoms with E-state index in [0.717, 1.165) is 27.1 Å². The molecule has 5 heterocycles. The highest BCUT2D eigenvalue weighted by atomic mass is 31.2. The van der Waals surface area contributed by atoms with E-state index in [2.05, 4.69) is 55.0 Å². The predicted molar refractivity (Wildman–Crippen MR) is 293 cm³/mol. The summed E-state index contributed by atoms with van der Waals surface area (Å²) in [6.07, 6.45) is -1.90. The number of aromatic amines is 2. The van der Waals surface area contributed by atoms with E-state index in [1.807, 2.05) is 115 Å². The number of benzene rings is 5. The minimum absolute atomic E-state index is 0.0507. The highest BCUT2D eigenvalue weighted by Crippen LogP contribution is 2.60. The molecule has 2 aromatic heterocycles. The lowest BCUT2D eigenvalue weighted by Crippen LogP contribution is -2.68. The van der Waals surface area contributed by atoms with Crippen LogP contribution in [-0.2, 0) is 42.4 Å². The Hall–Kier alpha value is -6.77. The second-order valence-electron chi connectivity index (χ2n) is 20.9. The number of aryl methyl sites for hydroxylation is 2. The summed E-state index contributed by atoms with van der Waals surface area (Å²) in [7, 11) is -4.70. The number of methoxy groups -OCH3 is 2. The number of nitrogens with one attached hydrogen (secondary N) is 2. The van der Waals surface area contributed by atoms with E-state index in [4.69, 9.17) is 41.7 Å². The van der Waals surface area contributed by atoms with Crippen molar-refractivity contribution in [3.05, 3.63) is 221 Å². The summed E-state index contributed by atoms with van der Waals surface area (Å²) in [4.78, 5) is 57.0. The molecular formula is C58H63N4O14PSi. The average Bonchev–Trinajstić information content (AvgIpc) is 4.13. The minimum atomic E-state index is -4.57. The van der Waals surface area contributed by atoms with Crippen molar-refractivity contribution in [2.75, 3.05) is 34.0 Å². The summed E-state index contributed by atoms with van der Waals surface area (Å²) < 4.78 is 76.7. The van der Waals surface area contributed by atoms with Gasteiger partial charge in [0.1, 0.15) is 47.4 Å². The zero-order chi connectivity index (χ0) is 55.0. The smallest absolute Gasteiger partial charge is 0.475 e. The van der Waals surface area contributed by atoms with Crippen molar-refractivity contribution < 1.29 is 46.2 Å². The van der Waals surface area contributed by atoms with Gasteiger partial charge in [-0.1, -0.05) is 136 Å². The zero-order valence-corrected chi connectivity index (χ0v) is 46.3. The maximum atomic E-state index is 15.3. The molecule has 0 bridgehead atoms. The summed E-state index contributed by atoms with van der Waals surface area (Å²) >= 11 is 0. The number of phosphoric ester groups is 1. The molecule has 0 aliphatic carbocycles. The molecule has 3 aliphatic heterocycles. The molecule has 0 unspecified atom stereocenters. The van der Waals surface area contributed by atoms with Crippen LogP contribution in [0.3, 0.4) is 0 Å². The van der Waals surface area contributed by atoms with E-state index in [1.54, 1.807) is 28.1 Å². The fourth-order valence-corrected chi connectivity index (χ4v) is 17.2. The third-order valence-electron chi connectivity index (χ3n) is 15.0. The predicted octanol–water partition coefficient (Wildman–Crippen LogP) is 7.16. The van der Waals surface area contributed by atoms with Crippen LogP contribution in [0.5, 0.6) is 11.5 Å². The second-order valence-corrected chi connectivity index (χ2v) is 26.8. The summed E-state index contributed by atoms with van der Waals surface area (Å²) in [5.41, 5.74) is -2.60. The SMILES string of the molecule is COc1ccc(C(OC[C@]23CO[P@@](=O)(OC[C@H]4O[C@@H](n5cc(C)c(=O)[nH]c5=O)C[C@@H]4O[Si](c4ccccc4)(c4ccccc4)C(C)(C)C)O[C@H]2C[C@H](n2cc(C)c(=O)[nH]c2=O)O3)(c2ccccc2)c2ccc(OC)cc2)cc1. The number of ether oxygens (including phenoxy) is 5. The van der Waals surface area contributed by atoms with E-state index in [9.17, 15) is 19.2 Å². The van der Waals surface area contributed by atoms with Gasteiger partial charge in [0.05, 0.1) is 40.1 Å². The Labute approximate surface area is 451 Å². The molecule has 3 aliphatic rings. The second kappa shape index (κ2) is 21.8. The van der Waals surface area contributed by atoms with E-state index in [-0.39, 0.29) is 25.0 Å². The van der Waals surface area contributed by atoms with Crippen LogP contribution in [0.2, 0.25) is 5.04 Å². The normalized spacial score (nSPS) is 23.4. The Balaban J connectivity index is 1.01. The van der Waals surface area contributed by atoms with Crippen LogP contribution in [0.1, 0.15) is 73.9 Å². The molecular weight excluding hydrogens is 1040 g/mol. The third kappa shape index (κ3) is 10.3. The number of nitrogens with zero attached hydrogens (tertiary/aromatic N) is 2. The third-order valence-corrected chi connectivity index (χ3v) is 21.5. The fourth-order valence-electron chi connectivity index (χ4n) is 11.0. The van der Waals surface area contributed by atoms with Crippen LogP contribution in [-0.4, -0.2) is 85.4 Å². The van der Waals surface area contributed by atoms with Gasteiger partial charge in [0.2, 0.25) is 0 Å². The summed E-state index contributed by atoms with van der Waals surface area (Å²) in [5, 5.41) is 1.52. The van der Waals surface area contributed by atoms with Gasteiger partial charge in [0.15, 0.2) is 0 Å². The van der Waals surface area contributed by atoms with Crippen molar-refractivity contribution in [2.24, 2.45) is 0 Å². The lowest BCUT2D eigenvalue weighted by molar-refractivity contribution is -0.191. The number of hydrogen-bond acceptors (Lipinski definition) is 14. The van der Waals surface area contributed by atoms with Crippen LogP contribution < -0.4 is 42.3 Å². The minimum Gasteiger partial charge on any atom is -0.497 e. The number of rotatable bonds is 17. The monoisotopic (exact) mass is 1100 g/mol. The average molecular weight is 1100 g/mol. The van der Waals surface area contributed by atoms with Crippen molar-refractivity contribution in [3.63, 3.8) is 0 Å². The highest BCUT2D eigenvalue weighted by molar-refractivity contribution is 7.48. The van der Waals surface area contributed by atoms with Crippen molar-refractivity contribution in [2.45, 2.75) is 94.5 Å². The molecule has 7 atom stereocenters. The van der Waals surface area contributed by atoms with Gasteiger partial charge in [-0.25, -0.2) is 14.2 Å². The maximum Gasteiger partial charge on any atom is 0.475 e. The topological polar surface area (TPSA) is 210 Å². The number of H-pyrrole nitrogens is 2. The lowest BCUT2D eigenvalue weighted by Gasteiger charge is -2.45. The molecule has 0 saturated carbocycles. The highest BCUT2D eigenvalue weighted by Gasteiger charge is 2.60. The number of phosphoric acid groups is 1. The summed E-state index contributed by atoms with van der Waals surface area (Å²) in [6.45, 7) is 8.55. The molecule has 78 heavy (non-hydrogen) atoms. The largest absolute Gasteiger partial charge is 0.497 e. The quantitative estimate of drug-likeness (QED) is 0.0527. The fraction of sp³-hybridized carbons (Fsp3) is 0.345. The first kappa shape index (κ1) is 54.6. The Kier molecular flexibility index (Phi) is 15.3. The summed E-state index contributed by atoms with van der Waals surface area (Å²) in [6, 6.07) is 44.7. The number of aromatic nitrogens is 4. The van der Waals surface area contributed by atoms with Gasteiger partial charge in [-0.2, -0.15) is 0 Å². The molecule has 408 valence electrons. The molecule has 3 saturated heterocycles. The van der Waals surface area contributed by atoms with Crippen LogP contribution in [0.4, 0.5) is 0 Å². The molecule has 10 rings (SSSR count). The van der Waals surface area contributed by atoms with Crippen molar-refractivity contribution >= 4 is 26.5 Å². The summed E-state index contributed by atoms with van der Waals surface area (Å²) in [5.74, 6) is 1.25. The Morgan fingerprint density at radius 1 is 0.667 bits per heavy atom. The van der Waals surface area contributed by atoms with E-state index >= 15 is 4.57 Å². The molecule has 20 heteroatoms. The van der Waals surface area contributed by atoms with Crippen LogP contribution in [0.15, 0.2) is 171 Å². The molecule has 18 nitrogen and oxygen atoms in total. The van der Waals surface area contributed by atoms with Gasteiger partial charge < -0.3 is 28.1 Å². The zero-order valence-electron chi connectivity index (χ0n) is 44.4. The first-order chi connectivity index (χ1) is 37.4. The van der Waals surface area contributed by atoms with Gasteiger partial charge in [0, 0.05) is 36.4 Å². The number of hydrogen-bond donors (Lipinski definition) is 2. The van der Waals surface area contributed by atoms with Gasteiger partial charge in [-0.3, -0.25) is 42.3 Å². The molecule has 2 N–H and O–H groups in total. The number of fused-ring (bicyclic) bond motifs is 1. The van der Waals surface area contributed by atoms with Crippen molar-refractivity contribution in [3.8, 4) is 11.5 Å². The Morgan fingerprint density at radius 2 is 1.15 bits per heavy atom.